The van der Waals surface area contributed by atoms with Gasteiger partial charge in [0.2, 0.25) is 5.28 Å². The Bertz CT molecular complexity index is 695. The maximum absolute atomic E-state index is 11.8. The third-order valence-corrected chi connectivity index (χ3v) is 3.33. The second-order valence-electron chi connectivity index (χ2n) is 4.22. The molecule has 1 saturated heterocycles. The Kier molecular flexibility index (Phi) is 3.76. The normalized spacial score (nSPS) is 14.2. The molecular weight excluding hydrogens is 315 g/mol. The van der Waals surface area contributed by atoms with Gasteiger partial charge in [-0.15, -0.1) is 0 Å². The molecule has 0 bridgehead atoms. The van der Waals surface area contributed by atoms with Gasteiger partial charge in [0.15, 0.2) is 11.6 Å². The van der Waals surface area contributed by atoms with E-state index in [9.17, 15) is 4.79 Å². The van der Waals surface area contributed by atoms with Crippen LogP contribution < -0.4 is 15.5 Å². The third-order valence-electron chi connectivity index (χ3n) is 2.87. The summed E-state index contributed by atoms with van der Waals surface area (Å²) in [5.74, 6) is 0.851. The molecule has 3 heterocycles. The fourth-order valence-corrected chi connectivity index (χ4v) is 2.22. The number of nitrogens with zero attached hydrogens (tertiary/aromatic N) is 4. The van der Waals surface area contributed by atoms with E-state index in [1.54, 1.807) is 23.2 Å². The van der Waals surface area contributed by atoms with E-state index in [4.69, 9.17) is 23.2 Å². The van der Waals surface area contributed by atoms with Crippen LogP contribution in [0.3, 0.4) is 0 Å². The number of hydrogen-bond acceptors (Lipinski definition) is 5. The minimum atomic E-state index is -0.191. The first-order valence-corrected chi connectivity index (χ1v) is 6.86. The van der Waals surface area contributed by atoms with Crippen LogP contribution in [0.2, 0.25) is 10.3 Å². The van der Waals surface area contributed by atoms with Crippen molar-refractivity contribution in [3.05, 3.63) is 34.8 Å². The molecule has 0 spiro atoms. The molecule has 0 aliphatic carbocycles. The molecule has 1 fully saturated rings. The number of amides is 2. The van der Waals surface area contributed by atoms with Crippen molar-refractivity contribution in [1.29, 1.82) is 0 Å². The summed E-state index contributed by atoms with van der Waals surface area (Å²) in [6.45, 7) is 1.12. The number of nitrogens with one attached hydrogen (secondary N) is 2. The molecule has 0 unspecified atom stereocenters. The molecule has 0 radical (unpaired) electrons. The van der Waals surface area contributed by atoms with E-state index in [0.717, 1.165) is 0 Å². The minimum Gasteiger partial charge on any atom is -0.336 e. The summed E-state index contributed by atoms with van der Waals surface area (Å²) >= 11 is 11.8. The fourth-order valence-electron chi connectivity index (χ4n) is 1.94. The van der Waals surface area contributed by atoms with Gasteiger partial charge in [-0.3, -0.25) is 4.90 Å². The van der Waals surface area contributed by atoms with Crippen LogP contribution in [0.25, 0.3) is 0 Å². The average molecular weight is 325 g/mol. The lowest BCUT2D eigenvalue weighted by Gasteiger charge is -2.17. The van der Waals surface area contributed by atoms with Crippen molar-refractivity contribution in [2.45, 2.75) is 0 Å². The number of pyridine rings is 1. The smallest absolute Gasteiger partial charge is 0.323 e. The zero-order chi connectivity index (χ0) is 14.8. The number of rotatable bonds is 3. The summed E-state index contributed by atoms with van der Waals surface area (Å²) in [4.78, 5) is 25.4. The molecule has 21 heavy (non-hydrogen) atoms. The van der Waals surface area contributed by atoms with E-state index in [0.29, 0.717) is 35.4 Å². The van der Waals surface area contributed by atoms with Crippen molar-refractivity contribution >= 4 is 46.6 Å². The van der Waals surface area contributed by atoms with E-state index >= 15 is 0 Å². The molecular formula is C12H10Cl2N6O. The summed E-state index contributed by atoms with van der Waals surface area (Å²) in [6, 6.07) is 3.33. The number of carbonyl (C=O) groups excluding carboxylic acids is 1. The second kappa shape index (κ2) is 5.71. The van der Waals surface area contributed by atoms with Gasteiger partial charge in [0.1, 0.15) is 5.02 Å². The van der Waals surface area contributed by atoms with Gasteiger partial charge >= 0.3 is 6.03 Å². The number of aromatic nitrogens is 3. The van der Waals surface area contributed by atoms with E-state index in [1.807, 2.05) is 0 Å². The van der Waals surface area contributed by atoms with Crippen molar-refractivity contribution in [2.24, 2.45) is 0 Å². The maximum atomic E-state index is 11.8. The molecule has 2 amide bonds. The molecule has 0 atom stereocenters. The zero-order valence-electron chi connectivity index (χ0n) is 10.7. The van der Waals surface area contributed by atoms with Gasteiger partial charge < -0.3 is 10.6 Å². The van der Waals surface area contributed by atoms with E-state index in [1.165, 1.54) is 6.20 Å². The van der Waals surface area contributed by atoms with Gasteiger partial charge in [-0.25, -0.2) is 14.8 Å². The molecule has 2 N–H and O–H groups in total. The average Bonchev–Trinajstić information content (AvgIpc) is 2.90. The highest BCUT2D eigenvalue weighted by molar-refractivity contribution is 6.33. The summed E-state index contributed by atoms with van der Waals surface area (Å²) in [6.07, 6.45) is 3.01. The van der Waals surface area contributed by atoms with Crippen LogP contribution in [0, 0.1) is 0 Å². The van der Waals surface area contributed by atoms with Crippen LogP contribution in [-0.2, 0) is 0 Å². The van der Waals surface area contributed by atoms with Gasteiger partial charge in [0.25, 0.3) is 0 Å². The Labute approximate surface area is 130 Å². The monoisotopic (exact) mass is 324 g/mol. The van der Waals surface area contributed by atoms with Crippen LogP contribution in [0.15, 0.2) is 24.5 Å². The predicted molar refractivity (Wildman–Crippen MR) is 80.3 cm³/mol. The number of hydrogen-bond donors (Lipinski definition) is 2. The lowest BCUT2D eigenvalue weighted by molar-refractivity contribution is 0.252. The molecule has 1 aliphatic rings. The topological polar surface area (TPSA) is 83.0 Å². The summed E-state index contributed by atoms with van der Waals surface area (Å²) in [5.41, 5.74) is 0.603. The van der Waals surface area contributed by atoms with Crippen LogP contribution >= 0.6 is 23.2 Å². The van der Waals surface area contributed by atoms with Gasteiger partial charge in [-0.2, -0.15) is 4.98 Å². The second-order valence-corrected chi connectivity index (χ2v) is 4.96. The van der Waals surface area contributed by atoms with Crippen LogP contribution in [0.1, 0.15) is 0 Å². The van der Waals surface area contributed by atoms with Gasteiger partial charge in [0, 0.05) is 19.3 Å². The quantitative estimate of drug-likeness (QED) is 0.847. The highest BCUT2D eigenvalue weighted by atomic mass is 35.5. The van der Waals surface area contributed by atoms with Crippen LogP contribution in [0.5, 0.6) is 0 Å². The van der Waals surface area contributed by atoms with Gasteiger partial charge in [-0.1, -0.05) is 11.6 Å². The van der Waals surface area contributed by atoms with Crippen molar-refractivity contribution in [2.75, 3.05) is 23.3 Å². The SMILES string of the molecule is O=C1NCCN1c1ncccc1Nc1nc(Cl)ncc1Cl. The highest BCUT2D eigenvalue weighted by Gasteiger charge is 2.24. The van der Waals surface area contributed by atoms with Crippen LogP contribution in [-0.4, -0.2) is 34.1 Å². The highest BCUT2D eigenvalue weighted by Crippen LogP contribution is 2.29. The Morgan fingerprint density at radius 3 is 2.95 bits per heavy atom. The molecule has 7 nitrogen and oxygen atoms in total. The first-order chi connectivity index (χ1) is 10.1. The minimum absolute atomic E-state index is 0.0752. The number of halogens is 2. The predicted octanol–water partition coefficient (Wildman–Crippen LogP) is 2.45. The van der Waals surface area contributed by atoms with E-state index < -0.39 is 0 Å². The fraction of sp³-hybridized carbons (Fsp3) is 0.167. The lowest BCUT2D eigenvalue weighted by Crippen LogP contribution is -2.29. The number of carbonyl (C=O) groups is 1. The van der Waals surface area contributed by atoms with E-state index in [2.05, 4.69) is 25.6 Å². The molecule has 2 aromatic heterocycles. The van der Waals surface area contributed by atoms with Crippen molar-refractivity contribution < 1.29 is 4.79 Å². The van der Waals surface area contributed by atoms with Crippen molar-refractivity contribution in [1.82, 2.24) is 20.3 Å². The molecule has 0 saturated carbocycles. The molecule has 1 aliphatic heterocycles. The molecule has 108 valence electrons. The first-order valence-electron chi connectivity index (χ1n) is 6.10. The molecule has 9 heteroatoms. The maximum Gasteiger partial charge on any atom is 0.323 e. The standard InChI is InChI=1S/C12H10Cl2N6O/c13-7-6-17-11(14)19-9(7)18-8-2-1-3-15-10(8)20-5-4-16-12(20)21/h1-3,6H,4-5H2,(H,16,21)(H,17,18,19). The summed E-state index contributed by atoms with van der Waals surface area (Å²) < 4.78 is 0. The summed E-state index contributed by atoms with van der Waals surface area (Å²) in [7, 11) is 0. The van der Waals surface area contributed by atoms with Crippen molar-refractivity contribution in [3.63, 3.8) is 0 Å². The largest absolute Gasteiger partial charge is 0.336 e. The Hall–Kier alpha value is -2.12. The molecule has 2 aromatic rings. The Morgan fingerprint density at radius 1 is 1.33 bits per heavy atom. The Balaban J connectivity index is 1.96. The van der Waals surface area contributed by atoms with Crippen molar-refractivity contribution in [3.8, 4) is 0 Å². The molecule has 0 aromatic carbocycles. The zero-order valence-corrected chi connectivity index (χ0v) is 12.2. The third kappa shape index (κ3) is 2.84. The van der Waals surface area contributed by atoms with Crippen LogP contribution in [0.4, 0.5) is 22.1 Å². The summed E-state index contributed by atoms with van der Waals surface area (Å²) in [5, 5.41) is 6.15. The molecule has 3 rings (SSSR count). The number of anilines is 3. The Morgan fingerprint density at radius 2 is 2.19 bits per heavy atom. The van der Waals surface area contributed by atoms with E-state index in [-0.39, 0.29) is 11.3 Å². The lowest BCUT2D eigenvalue weighted by atomic mass is 10.3. The first kappa shape index (κ1) is 13.8. The van der Waals surface area contributed by atoms with Gasteiger partial charge in [0.05, 0.1) is 11.9 Å². The van der Waals surface area contributed by atoms with Gasteiger partial charge in [-0.05, 0) is 23.7 Å². The number of urea groups is 1.